The molecule has 0 spiro atoms. The normalized spacial score (nSPS) is 13.5. The van der Waals surface area contributed by atoms with Crippen LogP contribution in [0.5, 0.6) is 0 Å². The van der Waals surface area contributed by atoms with E-state index in [4.69, 9.17) is 16.3 Å². The summed E-state index contributed by atoms with van der Waals surface area (Å²) in [6, 6.07) is 12.0. The number of esters is 2. The van der Waals surface area contributed by atoms with Gasteiger partial charge in [-0.15, -0.1) is 0 Å². The largest absolute Gasteiger partial charge is 0.465 e. The summed E-state index contributed by atoms with van der Waals surface area (Å²) in [5.74, 6) is -2.34. The lowest BCUT2D eigenvalue weighted by Gasteiger charge is -2.15. The van der Waals surface area contributed by atoms with Crippen LogP contribution < -0.4 is 10.2 Å². The van der Waals surface area contributed by atoms with Crippen LogP contribution in [0, 0.1) is 0 Å². The molecule has 2 aromatic carbocycles. The molecule has 3 rings (SSSR count). The number of imide groups is 1. The summed E-state index contributed by atoms with van der Waals surface area (Å²) in [5.41, 5.74) is 1.25. The minimum atomic E-state index is -0.695. The third-order valence-corrected chi connectivity index (χ3v) is 4.59. The summed E-state index contributed by atoms with van der Waals surface area (Å²) >= 11 is 6.10. The molecule has 154 valence electrons. The lowest BCUT2D eigenvalue weighted by Crippen LogP contribution is -2.32. The number of halogens is 1. The van der Waals surface area contributed by atoms with Crippen LogP contribution in [0.2, 0.25) is 0 Å². The molecular formula is C21H17ClN2O6. The smallest absolute Gasteiger partial charge is 0.338 e. The molecule has 1 heterocycles. The fourth-order valence-corrected chi connectivity index (χ4v) is 2.97. The Morgan fingerprint density at radius 2 is 1.50 bits per heavy atom. The molecule has 8 nitrogen and oxygen atoms in total. The number of methoxy groups -OCH3 is 1. The summed E-state index contributed by atoms with van der Waals surface area (Å²) in [6.07, 6.45) is 0. The Hall–Kier alpha value is -3.65. The van der Waals surface area contributed by atoms with E-state index in [0.717, 1.165) is 4.90 Å². The molecule has 0 saturated heterocycles. The van der Waals surface area contributed by atoms with Gasteiger partial charge in [-0.3, -0.25) is 9.59 Å². The second kappa shape index (κ2) is 8.79. The van der Waals surface area contributed by atoms with Gasteiger partial charge in [-0.1, -0.05) is 11.6 Å². The van der Waals surface area contributed by atoms with E-state index >= 15 is 0 Å². The first kappa shape index (κ1) is 21.1. The van der Waals surface area contributed by atoms with Gasteiger partial charge in [-0.05, 0) is 55.5 Å². The molecule has 0 saturated carbocycles. The van der Waals surface area contributed by atoms with E-state index < -0.39 is 23.8 Å². The van der Waals surface area contributed by atoms with Crippen molar-refractivity contribution >= 4 is 46.7 Å². The van der Waals surface area contributed by atoms with Gasteiger partial charge in [-0.25, -0.2) is 14.5 Å². The highest BCUT2D eigenvalue weighted by Crippen LogP contribution is 2.30. The molecule has 1 aliphatic rings. The lowest BCUT2D eigenvalue weighted by molar-refractivity contribution is -0.120. The molecule has 0 fully saturated rings. The van der Waals surface area contributed by atoms with E-state index in [9.17, 15) is 19.2 Å². The Labute approximate surface area is 177 Å². The highest BCUT2D eigenvalue weighted by atomic mass is 35.5. The quantitative estimate of drug-likeness (QED) is 0.557. The zero-order chi connectivity index (χ0) is 21.8. The van der Waals surface area contributed by atoms with Crippen molar-refractivity contribution in [2.75, 3.05) is 23.9 Å². The minimum absolute atomic E-state index is 0.0954. The third-order valence-electron chi connectivity index (χ3n) is 4.24. The van der Waals surface area contributed by atoms with E-state index in [0.29, 0.717) is 16.8 Å². The molecule has 9 heteroatoms. The number of nitrogens with zero attached hydrogens (tertiary/aromatic N) is 1. The molecule has 0 aliphatic carbocycles. The Morgan fingerprint density at radius 3 is 2.07 bits per heavy atom. The van der Waals surface area contributed by atoms with Gasteiger partial charge in [-0.2, -0.15) is 0 Å². The minimum Gasteiger partial charge on any atom is -0.465 e. The van der Waals surface area contributed by atoms with E-state index in [1.807, 2.05) is 0 Å². The molecule has 1 aliphatic heterocycles. The number of hydrogen-bond acceptors (Lipinski definition) is 7. The Kier molecular flexibility index (Phi) is 6.17. The molecule has 0 unspecified atom stereocenters. The summed E-state index contributed by atoms with van der Waals surface area (Å²) in [5, 5.41) is 2.54. The molecule has 2 amide bonds. The van der Waals surface area contributed by atoms with Crippen molar-refractivity contribution < 1.29 is 28.7 Å². The number of amides is 2. The topological polar surface area (TPSA) is 102 Å². The van der Waals surface area contributed by atoms with Crippen molar-refractivity contribution in [1.82, 2.24) is 0 Å². The van der Waals surface area contributed by atoms with Gasteiger partial charge in [0.2, 0.25) is 0 Å². The molecule has 1 N–H and O–H groups in total. The van der Waals surface area contributed by atoms with Crippen molar-refractivity contribution in [3.05, 3.63) is 70.4 Å². The summed E-state index contributed by atoms with van der Waals surface area (Å²) in [6.45, 7) is 1.93. The van der Waals surface area contributed by atoms with Gasteiger partial charge in [0, 0.05) is 5.69 Å². The molecule has 0 radical (unpaired) electrons. The highest BCUT2D eigenvalue weighted by molar-refractivity contribution is 6.53. The average Bonchev–Trinajstić information content (AvgIpc) is 2.97. The predicted molar refractivity (Wildman–Crippen MR) is 109 cm³/mol. The van der Waals surface area contributed by atoms with Crippen molar-refractivity contribution in [3.63, 3.8) is 0 Å². The standard InChI is InChI=1S/C21H17ClN2O6/c1-3-30-21(28)13-6-10-15(11-7-13)24-18(25)16(22)17(19(24)26)23-14-8-4-12(5-9-14)20(27)29-2/h4-11,23H,3H2,1-2H3. The van der Waals surface area contributed by atoms with Crippen LogP contribution >= 0.6 is 11.6 Å². The average molecular weight is 429 g/mol. The van der Waals surface area contributed by atoms with Crippen LogP contribution in [0.15, 0.2) is 59.3 Å². The monoisotopic (exact) mass is 428 g/mol. The van der Waals surface area contributed by atoms with Crippen LogP contribution in [0.4, 0.5) is 11.4 Å². The van der Waals surface area contributed by atoms with Crippen molar-refractivity contribution in [1.29, 1.82) is 0 Å². The second-order valence-corrected chi connectivity index (χ2v) is 6.47. The van der Waals surface area contributed by atoms with Crippen LogP contribution in [0.3, 0.4) is 0 Å². The Morgan fingerprint density at radius 1 is 0.933 bits per heavy atom. The molecule has 0 atom stereocenters. The lowest BCUT2D eigenvalue weighted by atomic mass is 10.2. The molecule has 0 aromatic heterocycles. The first-order chi connectivity index (χ1) is 14.4. The van der Waals surface area contributed by atoms with Gasteiger partial charge in [0.05, 0.1) is 30.5 Å². The summed E-state index contributed by atoms with van der Waals surface area (Å²) < 4.78 is 9.54. The van der Waals surface area contributed by atoms with Crippen LogP contribution in [-0.2, 0) is 19.1 Å². The molecule has 30 heavy (non-hydrogen) atoms. The molecule has 2 aromatic rings. The van der Waals surface area contributed by atoms with Gasteiger partial charge in [0.1, 0.15) is 10.7 Å². The number of carbonyl (C=O) groups is 4. The molecule has 0 bridgehead atoms. The van der Waals surface area contributed by atoms with Crippen molar-refractivity contribution in [2.45, 2.75) is 6.92 Å². The summed E-state index contributed by atoms with van der Waals surface area (Å²) in [7, 11) is 1.27. The maximum Gasteiger partial charge on any atom is 0.338 e. The number of nitrogens with one attached hydrogen (secondary N) is 1. The fraction of sp³-hybridized carbons (Fsp3) is 0.143. The number of carbonyl (C=O) groups excluding carboxylic acids is 4. The van der Waals surface area contributed by atoms with Crippen LogP contribution in [0.1, 0.15) is 27.6 Å². The van der Waals surface area contributed by atoms with Crippen molar-refractivity contribution in [2.24, 2.45) is 0 Å². The zero-order valence-electron chi connectivity index (χ0n) is 16.1. The van der Waals surface area contributed by atoms with Crippen LogP contribution in [-0.4, -0.2) is 37.5 Å². The predicted octanol–water partition coefficient (Wildman–Crippen LogP) is 3.09. The van der Waals surface area contributed by atoms with E-state index in [2.05, 4.69) is 10.1 Å². The SMILES string of the molecule is CCOC(=O)c1ccc(N2C(=O)C(Cl)=C(Nc3ccc(C(=O)OC)cc3)C2=O)cc1. The van der Waals surface area contributed by atoms with Crippen molar-refractivity contribution in [3.8, 4) is 0 Å². The highest BCUT2D eigenvalue weighted by Gasteiger charge is 2.39. The Balaban J connectivity index is 1.79. The number of ether oxygens (including phenoxy) is 2. The van der Waals surface area contributed by atoms with E-state index in [1.165, 1.54) is 43.5 Å². The number of anilines is 2. The fourth-order valence-electron chi connectivity index (χ4n) is 2.76. The van der Waals surface area contributed by atoms with Gasteiger partial charge >= 0.3 is 11.9 Å². The number of benzene rings is 2. The number of hydrogen-bond donors (Lipinski definition) is 1. The van der Waals surface area contributed by atoms with E-state index in [1.54, 1.807) is 19.1 Å². The maximum atomic E-state index is 12.8. The van der Waals surface area contributed by atoms with E-state index in [-0.39, 0.29) is 23.0 Å². The maximum absolute atomic E-state index is 12.8. The molecular weight excluding hydrogens is 412 g/mol. The first-order valence-electron chi connectivity index (χ1n) is 8.88. The third kappa shape index (κ3) is 4.04. The van der Waals surface area contributed by atoms with Gasteiger partial charge < -0.3 is 14.8 Å². The summed E-state index contributed by atoms with van der Waals surface area (Å²) in [4.78, 5) is 49.5. The zero-order valence-corrected chi connectivity index (χ0v) is 16.9. The van der Waals surface area contributed by atoms with Gasteiger partial charge in [0.25, 0.3) is 11.8 Å². The van der Waals surface area contributed by atoms with Gasteiger partial charge in [0.15, 0.2) is 0 Å². The second-order valence-electron chi connectivity index (χ2n) is 6.10. The Bertz CT molecular complexity index is 1040. The number of rotatable bonds is 6. The first-order valence-corrected chi connectivity index (χ1v) is 9.26. The van der Waals surface area contributed by atoms with Crippen LogP contribution in [0.25, 0.3) is 0 Å².